The maximum Gasteiger partial charge on any atom is 0.226 e. The Bertz CT molecular complexity index is 559. The fraction of sp³-hybridized carbons (Fsp3) is 0.842. The third-order valence-corrected chi connectivity index (χ3v) is 4.73. The number of rotatable bonds is 8. The summed E-state index contributed by atoms with van der Waals surface area (Å²) in [6, 6.07) is 0.355. The van der Waals surface area contributed by atoms with Crippen LogP contribution in [-0.2, 0) is 21.4 Å². The Kier molecular flexibility index (Phi) is 7.58. The number of aryl methyl sites for hydroxylation is 1. The molecule has 1 fully saturated rings. The maximum absolute atomic E-state index is 12.2. The van der Waals surface area contributed by atoms with Gasteiger partial charge in [-0.1, -0.05) is 39.8 Å². The molecule has 1 aromatic rings. The molecule has 7 nitrogen and oxygen atoms in total. The molecule has 1 N–H and O–H groups in total. The Morgan fingerprint density at radius 2 is 1.96 bits per heavy atom. The van der Waals surface area contributed by atoms with Crippen LogP contribution in [0.2, 0.25) is 0 Å². The molecule has 0 radical (unpaired) electrons. The summed E-state index contributed by atoms with van der Waals surface area (Å²) < 4.78 is 10.7. The number of nitrogens with zero attached hydrogens (tertiary/aromatic N) is 3. The molecule has 1 aromatic heterocycles. The number of nitrogens with one attached hydrogen (secondary N) is 1. The van der Waals surface area contributed by atoms with E-state index < -0.39 is 0 Å². The Morgan fingerprint density at radius 1 is 1.27 bits per heavy atom. The van der Waals surface area contributed by atoms with E-state index in [9.17, 15) is 4.79 Å². The van der Waals surface area contributed by atoms with Crippen molar-refractivity contribution in [2.24, 2.45) is 5.92 Å². The normalized spacial score (nSPS) is 17.5. The van der Waals surface area contributed by atoms with Crippen molar-refractivity contribution in [3.05, 3.63) is 11.7 Å². The third kappa shape index (κ3) is 6.36. The first-order valence-electron chi connectivity index (χ1n) is 9.69. The van der Waals surface area contributed by atoms with Crippen LogP contribution in [-0.4, -0.2) is 59.8 Å². The molecule has 0 bridgehead atoms. The van der Waals surface area contributed by atoms with E-state index in [1.54, 1.807) is 0 Å². The molecule has 1 aliphatic heterocycles. The molecule has 0 spiro atoms. The van der Waals surface area contributed by atoms with E-state index in [0.717, 1.165) is 26.3 Å². The summed E-state index contributed by atoms with van der Waals surface area (Å²) >= 11 is 0. The van der Waals surface area contributed by atoms with E-state index in [-0.39, 0.29) is 11.3 Å². The number of carbonyl (C=O) groups is 1. The first kappa shape index (κ1) is 20.8. The average molecular weight is 367 g/mol. The van der Waals surface area contributed by atoms with E-state index in [1.807, 2.05) is 0 Å². The van der Waals surface area contributed by atoms with Gasteiger partial charge in [0.1, 0.15) is 0 Å². The van der Waals surface area contributed by atoms with Gasteiger partial charge in [0.25, 0.3) is 0 Å². The summed E-state index contributed by atoms with van der Waals surface area (Å²) in [6.07, 6.45) is 1.82. The van der Waals surface area contributed by atoms with E-state index in [1.165, 1.54) is 0 Å². The second kappa shape index (κ2) is 9.46. The molecule has 1 saturated heterocycles. The van der Waals surface area contributed by atoms with Gasteiger partial charge in [-0.3, -0.25) is 9.69 Å². The second-order valence-electron chi connectivity index (χ2n) is 8.38. The SMILES string of the molecule is CC(C)C(CNC(=O)CCCc1nc(C(C)(C)C)no1)N1CCOCC1. The number of hydrogen-bond donors (Lipinski definition) is 1. The Labute approximate surface area is 156 Å². The van der Waals surface area contributed by atoms with Crippen molar-refractivity contribution in [3.8, 4) is 0 Å². The zero-order valence-corrected chi connectivity index (χ0v) is 16.9. The van der Waals surface area contributed by atoms with Gasteiger partial charge in [-0.05, 0) is 12.3 Å². The van der Waals surface area contributed by atoms with Crippen LogP contribution in [0.4, 0.5) is 0 Å². The van der Waals surface area contributed by atoms with Gasteiger partial charge in [0, 0.05) is 43.9 Å². The van der Waals surface area contributed by atoms with Crippen LogP contribution in [0.15, 0.2) is 4.52 Å². The van der Waals surface area contributed by atoms with E-state index in [0.29, 0.717) is 49.5 Å². The zero-order chi connectivity index (χ0) is 19.2. The van der Waals surface area contributed by atoms with Gasteiger partial charge in [-0.15, -0.1) is 0 Å². The summed E-state index contributed by atoms with van der Waals surface area (Å²) in [6.45, 7) is 14.7. The molecular formula is C19H34N4O3. The fourth-order valence-corrected chi connectivity index (χ4v) is 3.06. The highest BCUT2D eigenvalue weighted by Crippen LogP contribution is 2.19. The molecule has 2 rings (SSSR count). The molecule has 1 unspecified atom stereocenters. The molecule has 0 saturated carbocycles. The standard InChI is InChI=1S/C19H34N4O3/c1-14(2)15(23-9-11-25-12-10-23)13-20-16(24)7-6-8-17-21-18(22-26-17)19(3,4)5/h14-15H,6-13H2,1-5H3,(H,20,24). The first-order valence-corrected chi connectivity index (χ1v) is 9.69. The lowest BCUT2D eigenvalue weighted by molar-refractivity contribution is -0.121. The largest absolute Gasteiger partial charge is 0.379 e. The molecule has 2 heterocycles. The van der Waals surface area contributed by atoms with E-state index in [4.69, 9.17) is 9.26 Å². The van der Waals surface area contributed by atoms with Crippen LogP contribution in [0, 0.1) is 5.92 Å². The van der Waals surface area contributed by atoms with Crippen molar-refractivity contribution in [1.29, 1.82) is 0 Å². The number of ether oxygens (including phenoxy) is 1. The van der Waals surface area contributed by atoms with Crippen LogP contribution in [0.5, 0.6) is 0 Å². The highest BCUT2D eigenvalue weighted by atomic mass is 16.5. The smallest absolute Gasteiger partial charge is 0.226 e. The number of hydrogen-bond acceptors (Lipinski definition) is 6. The van der Waals surface area contributed by atoms with Gasteiger partial charge in [-0.2, -0.15) is 4.98 Å². The molecule has 1 amide bonds. The lowest BCUT2D eigenvalue weighted by atomic mass is 9.96. The molecule has 1 aliphatic rings. The predicted octanol–water partition coefficient (Wildman–Crippen LogP) is 2.16. The fourth-order valence-electron chi connectivity index (χ4n) is 3.06. The summed E-state index contributed by atoms with van der Waals surface area (Å²) in [4.78, 5) is 19.0. The zero-order valence-electron chi connectivity index (χ0n) is 16.9. The highest BCUT2D eigenvalue weighted by Gasteiger charge is 2.24. The van der Waals surface area contributed by atoms with Gasteiger partial charge in [0.05, 0.1) is 13.2 Å². The minimum Gasteiger partial charge on any atom is -0.379 e. The van der Waals surface area contributed by atoms with E-state index in [2.05, 4.69) is 55.0 Å². The van der Waals surface area contributed by atoms with Crippen molar-refractivity contribution < 1.29 is 14.1 Å². The van der Waals surface area contributed by atoms with Crippen LogP contribution >= 0.6 is 0 Å². The van der Waals surface area contributed by atoms with Crippen LogP contribution in [0.3, 0.4) is 0 Å². The molecule has 0 aromatic carbocycles. The molecule has 1 atom stereocenters. The van der Waals surface area contributed by atoms with Crippen LogP contribution in [0.25, 0.3) is 0 Å². The molecular weight excluding hydrogens is 332 g/mol. The van der Waals surface area contributed by atoms with Crippen molar-refractivity contribution in [1.82, 2.24) is 20.4 Å². The quantitative estimate of drug-likeness (QED) is 0.759. The Hall–Kier alpha value is -1.47. The molecule has 148 valence electrons. The number of aromatic nitrogens is 2. The van der Waals surface area contributed by atoms with Gasteiger partial charge in [0.15, 0.2) is 5.82 Å². The van der Waals surface area contributed by atoms with Gasteiger partial charge < -0.3 is 14.6 Å². The van der Waals surface area contributed by atoms with E-state index >= 15 is 0 Å². The summed E-state index contributed by atoms with van der Waals surface area (Å²) in [5.74, 6) is 1.89. The highest BCUT2D eigenvalue weighted by molar-refractivity contribution is 5.75. The third-order valence-electron chi connectivity index (χ3n) is 4.73. The van der Waals surface area contributed by atoms with Gasteiger partial charge in [-0.25, -0.2) is 0 Å². The van der Waals surface area contributed by atoms with Crippen molar-refractivity contribution in [2.45, 2.75) is 65.3 Å². The predicted molar refractivity (Wildman–Crippen MR) is 100.0 cm³/mol. The van der Waals surface area contributed by atoms with Crippen LogP contribution in [0.1, 0.15) is 59.2 Å². The first-order chi connectivity index (χ1) is 12.3. The maximum atomic E-state index is 12.2. The number of morpholine rings is 1. The molecule has 26 heavy (non-hydrogen) atoms. The van der Waals surface area contributed by atoms with Crippen molar-refractivity contribution in [2.75, 3.05) is 32.8 Å². The van der Waals surface area contributed by atoms with Gasteiger partial charge in [0.2, 0.25) is 11.8 Å². The lowest BCUT2D eigenvalue weighted by Crippen LogP contribution is -2.51. The monoisotopic (exact) mass is 366 g/mol. The average Bonchev–Trinajstić information content (AvgIpc) is 3.05. The van der Waals surface area contributed by atoms with Crippen molar-refractivity contribution in [3.63, 3.8) is 0 Å². The topological polar surface area (TPSA) is 80.5 Å². The number of amides is 1. The van der Waals surface area contributed by atoms with Crippen LogP contribution < -0.4 is 5.32 Å². The summed E-state index contributed by atoms with van der Waals surface area (Å²) in [5, 5.41) is 7.10. The lowest BCUT2D eigenvalue weighted by Gasteiger charge is -2.36. The Balaban J connectivity index is 1.71. The molecule has 7 heteroatoms. The minimum atomic E-state index is -0.121. The Morgan fingerprint density at radius 3 is 2.54 bits per heavy atom. The number of carbonyl (C=O) groups excluding carboxylic acids is 1. The summed E-state index contributed by atoms with van der Waals surface area (Å²) in [5.41, 5.74) is -0.121. The van der Waals surface area contributed by atoms with Crippen molar-refractivity contribution >= 4 is 5.91 Å². The summed E-state index contributed by atoms with van der Waals surface area (Å²) in [7, 11) is 0. The molecule has 0 aliphatic carbocycles. The van der Waals surface area contributed by atoms with Gasteiger partial charge >= 0.3 is 0 Å². The minimum absolute atomic E-state index is 0.0828. The second-order valence-corrected chi connectivity index (χ2v) is 8.38.